The largest absolute Gasteiger partial charge is 0.390 e. The summed E-state index contributed by atoms with van der Waals surface area (Å²) in [6.45, 7) is 2.73. The molecule has 1 heterocycles. The number of benzene rings is 1. The van der Waals surface area contributed by atoms with E-state index in [-0.39, 0.29) is 23.6 Å². The van der Waals surface area contributed by atoms with Gasteiger partial charge in [-0.2, -0.15) is 0 Å². The molecule has 1 aromatic carbocycles. The molecular weight excluding hydrogens is 300 g/mol. The Bertz CT molecular complexity index is 584. The number of aliphatic hydroxyl groups is 1. The topological polar surface area (TPSA) is 69.6 Å². The number of hydrogen-bond acceptors (Lipinski definition) is 5. The molecule has 3 atom stereocenters. The molecule has 0 radical (unpaired) electrons. The quantitative estimate of drug-likeness (QED) is 0.801. The molecule has 0 aromatic heterocycles. The maximum atomic E-state index is 11.6. The molecule has 1 aliphatic heterocycles. The van der Waals surface area contributed by atoms with Crippen molar-refractivity contribution in [2.75, 3.05) is 32.1 Å². The number of aryl methyl sites for hydroxylation is 1. The zero-order valence-corrected chi connectivity index (χ0v) is 14.3. The van der Waals surface area contributed by atoms with E-state index < -0.39 is 15.9 Å². The van der Waals surface area contributed by atoms with Gasteiger partial charge in [0.15, 0.2) is 9.84 Å². The number of sulfone groups is 1. The standard InChI is InChI=1S/C16H26N2O3S/c1-4-12-5-7-13(8-6-12)15(18(2)3)9-17-14-10-22(20,21)11-16(14)19/h5-8,14-17,19H,4,9-11H2,1-3H3/t14-,15-,16-/m0/s1. The van der Waals surface area contributed by atoms with Crippen molar-refractivity contribution in [1.82, 2.24) is 10.2 Å². The summed E-state index contributed by atoms with van der Waals surface area (Å²) in [6, 6.07) is 8.25. The molecule has 0 saturated carbocycles. The van der Waals surface area contributed by atoms with Gasteiger partial charge in [0.1, 0.15) is 0 Å². The average molecular weight is 326 g/mol. The number of hydrogen-bond donors (Lipinski definition) is 2. The van der Waals surface area contributed by atoms with Crippen molar-refractivity contribution in [1.29, 1.82) is 0 Å². The third kappa shape index (κ3) is 4.29. The van der Waals surface area contributed by atoms with Gasteiger partial charge in [0.2, 0.25) is 0 Å². The van der Waals surface area contributed by atoms with Crippen LogP contribution in [0.3, 0.4) is 0 Å². The van der Waals surface area contributed by atoms with Crippen LogP contribution in [0.2, 0.25) is 0 Å². The number of likely N-dealkylation sites (N-methyl/N-ethyl adjacent to an activating group) is 1. The Morgan fingerprint density at radius 1 is 1.27 bits per heavy atom. The molecule has 1 saturated heterocycles. The van der Waals surface area contributed by atoms with Gasteiger partial charge in [-0.3, -0.25) is 0 Å². The van der Waals surface area contributed by atoms with Crippen molar-refractivity contribution in [2.45, 2.75) is 31.5 Å². The highest BCUT2D eigenvalue weighted by atomic mass is 32.2. The zero-order valence-electron chi connectivity index (χ0n) is 13.5. The summed E-state index contributed by atoms with van der Waals surface area (Å²) in [4.78, 5) is 2.10. The molecule has 2 N–H and O–H groups in total. The highest BCUT2D eigenvalue weighted by Gasteiger charge is 2.36. The minimum Gasteiger partial charge on any atom is -0.390 e. The molecular formula is C16H26N2O3S. The number of nitrogens with one attached hydrogen (secondary N) is 1. The predicted octanol–water partition coefficient (Wildman–Crippen LogP) is 0.599. The summed E-state index contributed by atoms with van der Waals surface area (Å²) in [7, 11) is 0.891. The summed E-state index contributed by atoms with van der Waals surface area (Å²) >= 11 is 0. The lowest BCUT2D eigenvalue weighted by atomic mass is 10.0. The third-order valence-electron chi connectivity index (χ3n) is 4.29. The van der Waals surface area contributed by atoms with Gasteiger partial charge in [-0.05, 0) is 31.6 Å². The lowest BCUT2D eigenvalue weighted by Crippen LogP contribution is -2.43. The maximum absolute atomic E-state index is 11.6. The third-order valence-corrected chi connectivity index (χ3v) is 6.01. The fourth-order valence-electron chi connectivity index (χ4n) is 2.86. The SMILES string of the molecule is CCc1ccc([C@H](CN[C@H]2CS(=O)(=O)C[C@@H]2O)N(C)C)cc1. The first kappa shape index (κ1) is 17.4. The van der Waals surface area contributed by atoms with E-state index in [0.717, 1.165) is 6.42 Å². The second kappa shape index (κ2) is 7.08. The number of rotatable bonds is 6. The van der Waals surface area contributed by atoms with E-state index in [9.17, 15) is 13.5 Å². The van der Waals surface area contributed by atoms with Crippen molar-refractivity contribution in [2.24, 2.45) is 0 Å². The van der Waals surface area contributed by atoms with E-state index in [4.69, 9.17) is 0 Å². The first-order chi connectivity index (χ1) is 10.3. The highest BCUT2D eigenvalue weighted by molar-refractivity contribution is 7.91. The van der Waals surface area contributed by atoms with E-state index in [1.54, 1.807) is 0 Å². The fraction of sp³-hybridized carbons (Fsp3) is 0.625. The molecule has 0 bridgehead atoms. The van der Waals surface area contributed by atoms with Crippen LogP contribution in [0.15, 0.2) is 24.3 Å². The summed E-state index contributed by atoms with van der Waals surface area (Å²) in [5.74, 6) is -0.119. The van der Waals surface area contributed by atoms with E-state index in [1.807, 2.05) is 14.1 Å². The minimum absolute atomic E-state index is 0.0170. The van der Waals surface area contributed by atoms with Crippen molar-refractivity contribution in [3.05, 3.63) is 35.4 Å². The second-order valence-corrected chi connectivity index (χ2v) is 8.39. The lowest BCUT2D eigenvalue weighted by molar-refractivity contribution is 0.159. The van der Waals surface area contributed by atoms with Gasteiger partial charge in [0.25, 0.3) is 0 Å². The molecule has 1 fully saturated rings. The van der Waals surface area contributed by atoms with Crippen molar-refractivity contribution in [3.8, 4) is 0 Å². The van der Waals surface area contributed by atoms with Crippen LogP contribution in [0.1, 0.15) is 24.1 Å². The molecule has 22 heavy (non-hydrogen) atoms. The van der Waals surface area contributed by atoms with Crippen LogP contribution in [0.5, 0.6) is 0 Å². The Labute approximate surface area is 133 Å². The highest BCUT2D eigenvalue weighted by Crippen LogP contribution is 2.20. The molecule has 0 unspecified atom stereocenters. The van der Waals surface area contributed by atoms with Crippen molar-refractivity contribution in [3.63, 3.8) is 0 Å². The van der Waals surface area contributed by atoms with E-state index in [0.29, 0.717) is 6.54 Å². The Morgan fingerprint density at radius 2 is 1.91 bits per heavy atom. The minimum atomic E-state index is -3.11. The monoisotopic (exact) mass is 326 g/mol. The molecule has 2 rings (SSSR count). The number of nitrogens with zero attached hydrogens (tertiary/aromatic N) is 1. The van der Waals surface area contributed by atoms with Crippen LogP contribution >= 0.6 is 0 Å². The predicted molar refractivity (Wildman–Crippen MR) is 88.7 cm³/mol. The Balaban J connectivity index is 2.03. The average Bonchev–Trinajstić information content (AvgIpc) is 2.72. The van der Waals surface area contributed by atoms with Gasteiger partial charge in [0, 0.05) is 18.6 Å². The van der Waals surface area contributed by atoms with Gasteiger partial charge in [0.05, 0.1) is 17.6 Å². The Morgan fingerprint density at radius 3 is 2.36 bits per heavy atom. The van der Waals surface area contributed by atoms with Gasteiger partial charge in [-0.1, -0.05) is 31.2 Å². The van der Waals surface area contributed by atoms with Crippen LogP contribution < -0.4 is 5.32 Å². The molecule has 1 aromatic rings. The summed E-state index contributed by atoms with van der Waals surface area (Å²) in [5, 5.41) is 13.1. The molecule has 0 aliphatic carbocycles. The van der Waals surface area contributed by atoms with Crippen LogP contribution in [-0.4, -0.2) is 62.7 Å². The van der Waals surface area contributed by atoms with E-state index >= 15 is 0 Å². The maximum Gasteiger partial charge on any atom is 0.154 e. The Kier molecular flexibility index (Phi) is 5.60. The summed E-state index contributed by atoms with van der Waals surface area (Å²) in [6.07, 6.45) is 0.201. The summed E-state index contributed by atoms with van der Waals surface area (Å²) in [5.41, 5.74) is 2.48. The van der Waals surface area contributed by atoms with Gasteiger partial charge in [-0.25, -0.2) is 8.42 Å². The molecule has 0 spiro atoms. The summed E-state index contributed by atoms with van der Waals surface area (Å²) < 4.78 is 23.1. The second-order valence-electron chi connectivity index (χ2n) is 6.23. The van der Waals surface area contributed by atoms with Gasteiger partial charge < -0.3 is 15.3 Å². The van der Waals surface area contributed by atoms with E-state index in [2.05, 4.69) is 41.4 Å². The molecule has 124 valence electrons. The van der Waals surface area contributed by atoms with Crippen LogP contribution in [0, 0.1) is 0 Å². The first-order valence-electron chi connectivity index (χ1n) is 7.69. The zero-order chi connectivity index (χ0) is 16.3. The smallest absolute Gasteiger partial charge is 0.154 e. The van der Waals surface area contributed by atoms with Crippen LogP contribution in [0.4, 0.5) is 0 Å². The Hall–Kier alpha value is -0.950. The molecule has 5 nitrogen and oxygen atoms in total. The molecule has 6 heteroatoms. The van der Waals surface area contributed by atoms with Gasteiger partial charge in [-0.15, -0.1) is 0 Å². The molecule has 0 amide bonds. The first-order valence-corrected chi connectivity index (χ1v) is 9.51. The fourth-order valence-corrected chi connectivity index (χ4v) is 4.64. The molecule has 1 aliphatic rings. The van der Waals surface area contributed by atoms with E-state index in [1.165, 1.54) is 11.1 Å². The lowest BCUT2D eigenvalue weighted by Gasteiger charge is -2.27. The normalized spacial score (nSPS) is 25.5. The van der Waals surface area contributed by atoms with Gasteiger partial charge >= 0.3 is 0 Å². The number of aliphatic hydroxyl groups excluding tert-OH is 1. The van der Waals surface area contributed by atoms with Crippen molar-refractivity contribution < 1.29 is 13.5 Å². The van der Waals surface area contributed by atoms with Crippen LogP contribution in [-0.2, 0) is 16.3 Å². The van der Waals surface area contributed by atoms with Crippen molar-refractivity contribution >= 4 is 9.84 Å². The van der Waals surface area contributed by atoms with Crippen LogP contribution in [0.25, 0.3) is 0 Å².